The number of carbonyl (C=O) groups is 1. The number of aromatic nitrogens is 2. The van der Waals surface area contributed by atoms with Crippen LogP contribution in [0.5, 0.6) is 5.75 Å². The average Bonchev–Trinajstić information content (AvgIpc) is 3.09. The van der Waals surface area contributed by atoms with Crippen molar-refractivity contribution < 1.29 is 42.8 Å². The van der Waals surface area contributed by atoms with Gasteiger partial charge in [0.25, 0.3) is 6.73 Å². The monoisotopic (exact) mass is 504 g/mol. The van der Waals surface area contributed by atoms with Gasteiger partial charge in [-0.3, -0.25) is 4.79 Å². The molecule has 0 aliphatic carbocycles. The Morgan fingerprint density at radius 3 is 2.62 bits per heavy atom. The Morgan fingerprint density at radius 2 is 1.90 bits per heavy atom. The van der Waals surface area contributed by atoms with Gasteiger partial charge in [-0.2, -0.15) is 4.57 Å². The number of benzene rings is 2. The zero-order valence-corrected chi connectivity index (χ0v) is 19.3. The number of hydrogen-bond donors (Lipinski definition) is 1. The largest absolute Gasteiger partial charge is 1.00 e. The molecular weight excluding hydrogens is 479 g/mol. The Balaban J connectivity index is 0.00000240. The van der Waals surface area contributed by atoms with E-state index in [9.17, 15) is 4.79 Å². The predicted molar refractivity (Wildman–Crippen MR) is 111 cm³/mol. The minimum absolute atomic E-state index is 0. The van der Waals surface area contributed by atoms with Crippen LogP contribution in [0.4, 0.5) is 0 Å². The van der Waals surface area contributed by atoms with E-state index in [1.165, 1.54) is 21.9 Å². The van der Waals surface area contributed by atoms with Crippen molar-refractivity contribution in [3.63, 3.8) is 0 Å². The van der Waals surface area contributed by atoms with Crippen molar-refractivity contribution in [2.75, 3.05) is 7.11 Å². The number of aryl methyl sites for hydroxylation is 2. The summed E-state index contributed by atoms with van der Waals surface area (Å²) in [5.74, 6) is 0.679. The molecule has 2 heterocycles. The van der Waals surface area contributed by atoms with Crippen molar-refractivity contribution in [1.82, 2.24) is 4.98 Å². The summed E-state index contributed by atoms with van der Waals surface area (Å²) in [4.78, 5) is 15.3. The van der Waals surface area contributed by atoms with Gasteiger partial charge in [0.15, 0.2) is 12.4 Å². The number of carbonyl (C=O) groups excluding carboxylic acids is 1. The second kappa shape index (κ2) is 8.57. The maximum Gasteiger partial charge on any atom is 0.310 e. The van der Waals surface area contributed by atoms with Crippen LogP contribution in [0.15, 0.2) is 36.7 Å². The average molecular weight is 504 g/mol. The van der Waals surface area contributed by atoms with Gasteiger partial charge in [0, 0.05) is 34.2 Å². The Hall–Kier alpha value is -2.35. The summed E-state index contributed by atoms with van der Waals surface area (Å²) in [7, 11) is 1.69. The van der Waals surface area contributed by atoms with E-state index in [-0.39, 0.29) is 36.7 Å². The molecule has 0 atom stereocenters. The summed E-state index contributed by atoms with van der Waals surface area (Å²) >= 11 is 0. The molecule has 4 rings (SSSR count). The van der Waals surface area contributed by atoms with E-state index in [0.717, 1.165) is 34.0 Å². The summed E-state index contributed by atoms with van der Waals surface area (Å²) in [5, 5.41) is 4.71. The molecule has 1 N–H and O–H groups in total. The Bertz CT molecular complexity index is 1210. The van der Waals surface area contributed by atoms with Crippen LogP contribution in [-0.2, 0) is 16.3 Å². The molecule has 0 unspecified atom stereocenters. The highest BCUT2D eigenvalue weighted by Gasteiger charge is 2.17. The standard InChI is InChI=1S/C23H24N2O3.HI/c1-5-6-21(26)28-13-25-10-9-17-15(3)23-22(14(2)19(17)12-25)18-11-16(27-4)7-8-20(18)24-23;/h7-12H,5-6,13H2,1-4H3;1H. The Morgan fingerprint density at radius 1 is 1.10 bits per heavy atom. The maximum atomic E-state index is 11.7. The van der Waals surface area contributed by atoms with E-state index in [2.05, 4.69) is 43.2 Å². The van der Waals surface area contributed by atoms with Crippen LogP contribution < -0.4 is 33.3 Å². The van der Waals surface area contributed by atoms with Crippen molar-refractivity contribution in [1.29, 1.82) is 0 Å². The first kappa shape index (κ1) is 21.4. The smallest absolute Gasteiger partial charge is 0.310 e. The lowest BCUT2D eigenvalue weighted by Crippen LogP contribution is -3.00. The molecule has 2 aromatic heterocycles. The number of halogens is 1. The fourth-order valence-electron chi connectivity index (χ4n) is 3.91. The Labute approximate surface area is 187 Å². The van der Waals surface area contributed by atoms with Gasteiger partial charge in [0.2, 0.25) is 0 Å². The van der Waals surface area contributed by atoms with Crippen molar-refractivity contribution in [3.05, 3.63) is 47.8 Å². The third-order valence-electron chi connectivity index (χ3n) is 5.41. The SMILES string of the molecule is CCCC(=O)OC[n+]1ccc2c(C)c3[nH]c4ccc(OC)cc4c3c(C)c2c1.[I-]. The summed E-state index contributed by atoms with van der Waals surface area (Å²) in [6.45, 7) is 6.48. The minimum atomic E-state index is -0.165. The van der Waals surface area contributed by atoms with E-state index in [4.69, 9.17) is 9.47 Å². The van der Waals surface area contributed by atoms with E-state index in [1.807, 2.05) is 23.8 Å². The molecular formula is C23H25IN2O3. The zero-order chi connectivity index (χ0) is 19.8. The second-order valence-electron chi connectivity index (χ2n) is 7.22. The maximum absolute atomic E-state index is 11.7. The third-order valence-corrected chi connectivity index (χ3v) is 5.41. The molecule has 2 aromatic carbocycles. The molecule has 6 heteroatoms. The highest BCUT2D eigenvalue weighted by atomic mass is 127. The molecule has 0 radical (unpaired) electrons. The van der Waals surface area contributed by atoms with E-state index in [0.29, 0.717) is 6.42 Å². The van der Waals surface area contributed by atoms with Crippen molar-refractivity contribution in [2.24, 2.45) is 0 Å². The van der Waals surface area contributed by atoms with E-state index >= 15 is 0 Å². The van der Waals surface area contributed by atoms with E-state index < -0.39 is 0 Å². The molecule has 0 fully saturated rings. The molecule has 0 spiro atoms. The number of nitrogens with zero attached hydrogens (tertiary/aromatic N) is 1. The Kier molecular flexibility index (Phi) is 6.31. The van der Waals surface area contributed by atoms with Crippen LogP contribution in [0.2, 0.25) is 0 Å². The molecule has 0 saturated heterocycles. The molecule has 0 saturated carbocycles. The highest BCUT2D eigenvalue weighted by Crippen LogP contribution is 2.37. The zero-order valence-electron chi connectivity index (χ0n) is 17.1. The van der Waals surface area contributed by atoms with Gasteiger partial charge in [0.1, 0.15) is 5.75 Å². The van der Waals surface area contributed by atoms with E-state index in [1.54, 1.807) is 7.11 Å². The molecule has 4 aromatic rings. The summed E-state index contributed by atoms with van der Waals surface area (Å²) in [6.07, 6.45) is 5.27. The number of nitrogens with one attached hydrogen (secondary N) is 1. The predicted octanol–water partition coefficient (Wildman–Crippen LogP) is 1.69. The van der Waals surface area contributed by atoms with Gasteiger partial charge in [-0.15, -0.1) is 0 Å². The molecule has 0 aliphatic rings. The normalized spacial score (nSPS) is 11.0. The number of fused-ring (bicyclic) bond motifs is 4. The number of hydrogen-bond acceptors (Lipinski definition) is 3. The number of ether oxygens (including phenoxy) is 2. The molecule has 29 heavy (non-hydrogen) atoms. The number of H-pyrrole nitrogens is 1. The first-order valence-electron chi connectivity index (χ1n) is 9.60. The number of rotatable bonds is 5. The molecule has 0 bridgehead atoms. The van der Waals surface area contributed by atoms with Crippen molar-refractivity contribution in [2.45, 2.75) is 40.3 Å². The third kappa shape index (κ3) is 3.77. The van der Waals surface area contributed by atoms with Crippen molar-refractivity contribution >= 4 is 38.5 Å². The second-order valence-corrected chi connectivity index (χ2v) is 7.22. The summed E-state index contributed by atoms with van der Waals surface area (Å²) < 4.78 is 12.7. The molecule has 0 amide bonds. The van der Waals surface area contributed by atoms with Gasteiger partial charge >= 0.3 is 5.97 Å². The quantitative estimate of drug-likeness (QED) is 0.256. The highest BCUT2D eigenvalue weighted by molar-refractivity contribution is 6.16. The minimum Gasteiger partial charge on any atom is -1.00 e. The van der Waals surface area contributed by atoms with Crippen LogP contribution in [0, 0.1) is 13.8 Å². The fourth-order valence-corrected chi connectivity index (χ4v) is 3.91. The van der Waals surface area contributed by atoms with Crippen LogP contribution in [0.1, 0.15) is 30.9 Å². The molecule has 5 nitrogen and oxygen atoms in total. The summed E-state index contributed by atoms with van der Waals surface area (Å²) in [5.41, 5.74) is 4.66. The van der Waals surface area contributed by atoms with Gasteiger partial charge in [-0.25, -0.2) is 0 Å². The van der Waals surface area contributed by atoms with Gasteiger partial charge in [0.05, 0.1) is 12.6 Å². The fraction of sp³-hybridized carbons (Fsp3) is 0.304. The van der Waals surface area contributed by atoms with Crippen LogP contribution in [0.3, 0.4) is 0 Å². The summed E-state index contributed by atoms with van der Waals surface area (Å²) in [6, 6.07) is 8.21. The topological polar surface area (TPSA) is 55.2 Å². The first-order valence-corrected chi connectivity index (χ1v) is 9.60. The lowest BCUT2D eigenvalue weighted by molar-refractivity contribution is -0.726. The number of methoxy groups -OCH3 is 1. The van der Waals surface area contributed by atoms with Crippen LogP contribution >= 0.6 is 0 Å². The molecule has 0 aliphatic heterocycles. The van der Waals surface area contributed by atoms with Crippen molar-refractivity contribution in [3.8, 4) is 5.75 Å². The lowest BCUT2D eigenvalue weighted by Gasteiger charge is -2.09. The number of pyridine rings is 1. The van der Waals surface area contributed by atoms with Crippen LogP contribution in [0.25, 0.3) is 32.6 Å². The van der Waals surface area contributed by atoms with Gasteiger partial charge in [-0.1, -0.05) is 6.92 Å². The first-order chi connectivity index (χ1) is 13.5. The number of esters is 1. The van der Waals surface area contributed by atoms with Gasteiger partial charge in [-0.05, 0) is 55.0 Å². The van der Waals surface area contributed by atoms with Gasteiger partial charge < -0.3 is 38.4 Å². The molecule has 152 valence electrons. The lowest BCUT2D eigenvalue weighted by atomic mass is 9.97. The number of aromatic amines is 1. The van der Waals surface area contributed by atoms with Crippen LogP contribution in [-0.4, -0.2) is 18.1 Å².